The number of benzene rings is 1. The maximum absolute atomic E-state index is 12.3. The number of amides is 1. The smallest absolute Gasteiger partial charge is 0.253 e. The minimum Gasteiger partial charge on any atom is -0.508 e. The van der Waals surface area contributed by atoms with Crippen LogP contribution in [-0.4, -0.2) is 35.5 Å². The number of carbonyl (C=O) groups excluding carboxylic acids is 1. The number of rotatable bonds is 6. The van der Waals surface area contributed by atoms with Gasteiger partial charge in [-0.3, -0.25) is 4.79 Å². The van der Waals surface area contributed by atoms with Crippen LogP contribution in [0.2, 0.25) is 0 Å². The third-order valence-corrected chi connectivity index (χ3v) is 2.62. The van der Waals surface area contributed by atoms with E-state index in [-0.39, 0.29) is 11.7 Å². The molecule has 1 rings (SSSR count). The lowest BCUT2D eigenvalue weighted by Crippen LogP contribution is -2.35. The van der Waals surface area contributed by atoms with E-state index in [2.05, 4.69) is 13.8 Å². The zero-order chi connectivity index (χ0) is 13.5. The van der Waals surface area contributed by atoms with Gasteiger partial charge in [-0.05, 0) is 43.1 Å². The molecule has 0 aromatic heterocycles. The quantitative estimate of drug-likeness (QED) is 0.809. The van der Waals surface area contributed by atoms with Crippen molar-refractivity contribution in [2.45, 2.75) is 20.3 Å². The molecule has 0 bridgehead atoms. The summed E-state index contributed by atoms with van der Waals surface area (Å²) >= 11 is 0. The van der Waals surface area contributed by atoms with Crippen LogP contribution in [0.15, 0.2) is 24.3 Å². The van der Waals surface area contributed by atoms with Crippen LogP contribution in [0.25, 0.3) is 0 Å². The summed E-state index contributed by atoms with van der Waals surface area (Å²) < 4.78 is 0. The van der Waals surface area contributed by atoms with Gasteiger partial charge in [0.05, 0.1) is 0 Å². The first kappa shape index (κ1) is 14.5. The highest BCUT2D eigenvalue weighted by Gasteiger charge is 2.16. The van der Waals surface area contributed by atoms with E-state index in [9.17, 15) is 9.90 Å². The van der Waals surface area contributed by atoms with Crippen LogP contribution in [0.5, 0.6) is 5.75 Å². The van der Waals surface area contributed by atoms with Gasteiger partial charge < -0.3 is 15.7 Å². The molecule has 0 aliphatic heterocycles. The summed E-state index contributed by atoms with van der Waals surface area (Å²) in [4.78, 5) is 14.1. The molecule has 0 radical (unpaired) electrons. The molecule has 0 aliphatic carbocycles. The van der Waals surface area contributed by atoms with Gasteiger partial charge in [0.1, 0.15) is 5.75 Å². The molecule has 1 aromatic carbocycles. The van der Waals surface area contributed by atoms with Crippen molar-refractivity contribution in [1.82, 2.24) is 4.90 Å². The molecular formula is C14H22N2O2. The lowest BCUT2D eigenvalue weighted by atomic mass is 10.1. The Morgan fingerprint density at radius 1 is 1.33 bits per heavy atom. The van der Waals surface area contributed by atoms with Crippen molar-refractivity contribution < 1.29 is 9.90 Å². The highest BCUT2D eigenvalue weighted by Crippen LogP contribution is 2.13. The van der Waals surface area contributed by atoms with E-state index in [0.29, 0.717) is 24.6 Å². The van der Waals surface area contributed by atoms with Gasteiger partial charge in [0.25, 0.3) is 5.91 Å². The summed E-state index contributed by atoms with van der Waals surface area (Å²) in [7, 11) is 0. The highest BCUT2D eigenvalue weighted by atomic mass is 16.3. The first-order valence-electron chi connectivity index (χ1n) is 6.33. The summed E-state index contributed by atoms with van der Waals surface area (Å²) in [6, 6.07) is 6.36. The van der Waals surface area contributed by atoms with Crippen molar-refractivity contribution in [2.75, 3.05) is 19.6 Å². The van der Waals surface area contributed by atoms with E-state index in [0.717, 1.165) is 13.0 Å². The van der Waals surface area contributed by atoms with Gasteiger partial charge in [-0.2, -0.15) is 0 Å². The molecule has 4 heteroatoms. The van der Waals surface area contributed by atoms with Crippen LogP contribution in [0.4, 0.5) is 0 Å². The van der Waals surface area contributed by atoms with E-state index < -0.39 is 0 Å². The molecule has 4 nitrogen and oxygen atoms in total. The lowest BCUT2D eigenvalue weighted by molar-refractivity contribution is 0.0735. The van der Waals surface area contributed by atoms with Crippen LogP contribution in [0.1, 0.15) is 30.6 Å². The Morgan fingerprint density at radius 3 is 2.44 bits per heavy atom. The minimum atomic E-state index is -0.00264. The normalized spacial score (nSPS) is 10.7. The third-order valence-electron chi connectivity index (χ3n) is 2.62. The van der Waals surface area contributed by atoms with Crippen LogP contribution >= 0.6 is 0 Å². The number of nitrogens with zero attached hydrogens (tertiary/aromatic N) is 1. The SMILES string of the molecule is CC(C)CN(CCCN)C(=O)c1ccc(O)cc1. The second kappa shape index (κ2) is 7.01. The fourth-order valence-corrected chi connectivity index (χ4v) is 1.79. The van der Waals surface area contributed by atoms with Crippen LogP contribution in [-0.2, 0) is 0 Å². The predicted octanol–water partition coefficient (Wildman–Crippen LogP) is 1.84. The molecule has 0 unspecified atom stereocenters. The van der Waals surface area contributed by atoms with E-state index >= 15 is 0 Å². The van der Waals surface area contributed by atoms with Crippen molar-refractivity contribution in [1.29, 1.82) is 0 Å². The standard InChI is InChI=1S/C14H22N2O2/c1-11(2)10-16(9-3-8-15)14(18)12-4-6-13(17)7-5-12/h4-7,11,17H,3,8-10,15H2,1-2H3. The summed E-state index contributed by atoms with van der Waals surface area (Å²) in [5.41, 5.74) is 6.10. The molecule has 0 spiro atoms. The van der Waals surface area contributed by atoms with Gasteiger partial charge in [-0.1, -0.05) is 13.8 Å². The van der Waals surface area contributed by atoms with Crippen molar-refractivity contribution in [3.63, 3.8) is 0 Å². The maximum atomic E-state index is 12.3. The number of hydrogen-bond acceptors (Lipinski definition) is 3. The van der Waals surface area contributed by atoms with Crippen molar-refractivity contribution >= 4 is 5.91 Å². The molecule has 0 saturated heterocycles. The van der Waals surface area contributed by atoms with Crippen molar-refractivity contribution in [2.24, 2.45) is 11.7 Å². The second-order valence-corrected chi connectivity index (χ2v) is 4.83. The zero-order valence-corrected chi connectivity index (χ0v) is 11.1. The number of aromatic hydroxyl groups is 1. The van der Waals surface area contributed by atoms with Gasteiger partial charge in [0.2, 0.25) is 0 Å². The number of phenolic OH excluding ortho intramolecular Hbond substituents is 1. The average Bonchev–Trinajstić information content (AvgIpc) is 2.34. The first-order chi connectivity index (χ1) is 8.54. The van der Waals surface area contributed by atoms with Gasteiger partial charge in [0.15, 0.2) is 0 Å². The molecule has 0 heterocycles. The maximum Gasteiger partial charge on any atom is 0.253 e. The number of nitrogens with two attached hydrogens (primary N) is 1. The number of carbonyl (C=O) groups is 1. The summed E-state index contributed by atoms with van der Waals surface area (Å²) in [6.07, 6.45) is 0.802. The molecule has 1 aromatic rings. The Kier molecular flexibility index (Phi) is 5.65. The highest BCUT2D eigenvalue weighted by molar-refractivity contribution is 5.94. The Hall–Kier alpha value is -1.55. The molecule has 1 amide bonds. The summed E-state index contributed by atoms with van der Waals surface area (Å²) in [5.74, 6) is 0.588. The Bertz CT molecular complexity index is 374. The molecule has 0 aliphatic rings. The Balaban J connectivity index is 2.77. The van der Waals surface area contributed by atoms with Crippen LogP contribution in [0.3, 0.4) is 0 Å². The van der Waals surface area contributed by atoms with Gasteiger partial charge in [-0.15, -0.1) is 0 Å². The van der Waals surface area contributed by atoms with E-state index in [1.807, 2.05) is 4.90 Å². The first-order valence-corrected chi connectivity index (χ1v) is 6.33. The van der Waals surface area contributed by atoms with Gasteiger partial charge in [0, 0.05) is 18.7 Å². The lowest BCUT2D eigenvalue weighted by Gasteiger charge is -2.24. The van der Waals surface area contributed by atoms with Crippen molar-refractivity contribution in [3.05, 3.63) is 29.8 Å². The van der Waals surface area contributed by atoms with Crippen molar-refractivity contribution in [3.8, 4) is 5.75 Å². The fraction of sp³-hybridized carbons (Fsp3) is 0.500. The van der Waals surface area contributed by atoms with E-state index in [4.69, 9.17) is 5.73 Å². The summed E-state index contributed by atoms with van der Waals surface area (Å²) in [5, 5.41) is 9.22. The zero-order valence-electron chi connectivity index (χ0n) is 11.1. The Morgan fingerprint density at radius 2 is 1.94 bits per heavy atom. The number of hydrogen-bond donors (Lipinski definition) is 2. The molecule has 3 N–H and O–H groups in total. The largest absolute Gasteiger partial charge is 0.508 e. The van der Waals surface area contributed by atoms with Crippen LogP contribution < -0.4 is 5.73 Å². The minimum absolute atomic E-state index is 0.00264. The van der Waals surface area contributed by atoms with E-state index in [1.165, 1.54) is 12.1 Å². The molecular weight excluding hydrogens is 228 g/mol. The predicted molar refractivity (Wildman–Crippen MR) is 72.5 cm³/mol. The second-order valence-electron chi connectivity index (χ2n) is 4.83. The average molecular weight is 250 g/mol. The van der Waals surface area contributed by atoms with E-state index in [1.54, 1.807) is 12.1 Å². The summed E-state index contributed by atoms with van der Waals surface area (Å²) in [6.45, 7) is 6.14. The fourth-order valence-electron chi connectivity index (χ4n) is 1.79. The number of phenols is 1. The Labute approximate surface area is 108 Å². The molecule has 100 valence electrons. The topological polar surface area (TPSA) is 66.6 Å². The molecule has 0 fully saturated rings. The molecule has 0 atom stereocenters. The van der Waals surface area contributed by atoms with Crippen LogP contribution in [0, 0.1) is 5.92 Å². The van der Waals surface area contributed by atoms with Gasteiger partial charge >= 0.3 is 0 Å². The molecule has 18 heavy (non-hydrogen) atoms. The molecule has 0 saturated carbocycles. The monoisotopic (exact) mass is 250 g/mol. The van der Waals surface area contributed by atoms with Gasteiger partial charge in [-0.25, -0.2) is 0 Å². The third kappa shape index (κ3) is 4.37.